The van der Waals surface area contributed by atoms with Crippen molar-refractivity contribution in [3.63, 3.8) is 0 Å². The van der Waals surface area contributed by atoms with E-state index in [1.54, 1.807) is 55.4 Å². The van der Waals surface area contributed by atoms with Crippen LogP contribution < -0.4 is 0 Å². The molecule has 0 atom stereocenters. The van der Waals surface area contributed by atoms with Crippen molar-refractivity contribution in [2.45, 2.75) is 77.8 Å². The molecule has 0 aliphatic heterocycles. The number of ether oxygens (including phenoxy) is 4. The zero-order valence-corrected chi connectivity index (χ0v) is 23.8. The van der Waals surface area contributed by atoms with Crippen LogP contribution >= 0.6 is 0 Å². The Morgan fingerprint density at radius 2 is 0.517 bits per heavy atom. The molecule has 0 bridgehead atoms. The van der Waals surface area contributed by atoms with E-state index in [1.807, 2.05) is 0 Å². The fraction of sp³-hybridized carbons (Fsp3) is 0.800. The normalized spacial score (nSPS) is 11.6. The maximum Gasteiger partial charge on any atom is 4.00 e. The fourth-order valence-corrected chi connectivity index (χ4v) is 1.15. The van der Waals surface area contributed by atoms with E-state index in [1.165, 1.54) is 54.9 Å². The molecule has 0 spiro atoms. The zero-order valence-electron chi connectivity index (χ0n) is 20.2. The van der Waals surface area contributed by atoms with Gasteiger partial charge in [-0.15, -0.1) is 0 Å². The molecule has 29 heavy (non-hydrogen) atoms. The van der Waals surface area contributed by atoms with E-state index in [2.05, 4.69) is 18.9 Å². The quantitative estimate of drug-likeness (QED) is 0.251. The number of rotatable bonds is 8. The minimum absolute atomic E-state index is 0. The summed E-state index contributed by atoms with van der Waals surface area (Å²) in [7, 11) is 6.05. The SMILES string of the molecule is CO[CH-]C(C)(C)O.CO[CH-]C(C)(C)O.CO[CH-]C(C)(C)O.CO[CH-]C(C)(C)O.[Hf+4]. The van der Waals surface area contributed by atoms with Crippen LogP contribution in [0.25, 0.3) is 0 Å². The van der Waals surface area contributed by atoms with Gasteiger partial charge in [-0.05, 0) is 50.8 Å². The average molecular weight is 591 g/mol. The molecule has 0 amide bonds. The van der Waals surface area contributed by atoms with Crippen LogP contribution in [0.2, 0.25) is 0 Å². The van der Waals surface area contributed by atoms with Crippen LogP contribution in [0.1, 0.15) is 55.4 Å². The van der Waals surface area contributed by atoms with E-state index >= 15 is 0 Å². The van der Waals surface area contributed by atoms with Gasteiger partial charge < -0.3 is 39.4 Å². The molecule has 176 valence electrons. The Kier molecular flexibility index (Phi) is 28.2. The van der Waals surface area contributed by atoms with Crippen LogP contribution in [0.4, 0.5) is 0 Å². The predicted octanol–water partition coefficient (Wildman–Crippen LogP) is 2.26. The topological polar surface area (TPSA) is 118 Å². The first kappa shape index (κ1) is 40.0. The van der Waals surface area contributed by atoms with Gasteiger partial charge >= 0.3 is 25.8 Å². The molecule has 0 aromatic rings. The molecule has 0 aromatic heterocycles. The molecule has 0 radical (unpaired) electrons. The van der Waals surface area contributed by atoms with E-state index in [0.29, 0.717) is 0 Å². The van der Waals surface area contributed by atoms with E-state index in [0.717, 1.165) is 0 Å². The summed E-state index contributed by atoms with van der Waals surface area (Å²) in [5.74, 6) is 0. The molecule has 0 heterocycles. The third-order valence-corrected chi connectivity index (χ3v) is 1.63. The van der Waals surface area contributed by atoms with E-state index in [-0.39, 0.29) is 25.8 Å². The van der Waals surface area contributed by atoms with Gasteiger partial charge in [0.15, 0.2) is 0 Å². The first-order valence-electron chi connectivity index (χ1n) is 8.62. The second-order valence-electron chi connectivity index (χ2n) is 8.03. The number of hydrogen-bond donors (Lipinski definition) is 4. The molecule has 0 aromatic carbocycles. The molecule has 0 saturated carbocycles. The van der Waals surface area contributed by atoms with E-state index in [4.69, 9.17) is 20.4 Å². The second kappa shape index (κ2) is 20.5. The van der Waals surface area contributed by atoms with Crippen LogP contribution in [0.15, 0.2) is 0 Å². The monoisotopic (exact) mass is 592 g/mol. The van der Waals surface area contributed by atoms with Crippen molar-refractivity contribution in [2.75, 3.05) is 28.4 Å². The molecule has 0 rings (SSSR count). The van der Waals surface area contributed by atoms with Crippen molar-refractivity contribution in [3.05, 3.63) is 26.4 Å². The van der Waals surface area contributed by atoms with Crippen molar-refractivity contribution in [1.29, 1.82) is 0 Å². The number of aliphatic hydroxyl groups is 4. The Bertz CT molecular complexity index is 248. The molecule has 9 heteroatoms. The van der Waals surface area contributed by atoms with Crippen LogP contribution in [-0.2, 0) is 44.8 Å². The van der Waals surface area contributed by atoms with E-state index < -0.39 is 22.4 Å². The Morgan fingerprint density at radius 1 is 0.414 bits per heavy atom. The third-order valence-electron chi connectivity index (χ3n) is 1.63. The van der Waals surface area contributed by atoms with Crippen molar-refractivity contribution in [2.24, 2.45) is 0 Å². The number of hydrogen-bond acceptors (Lipinski definition) is 8. The zero-order chi connectivity index (χ0) is 23.7. The van der Waals surface area contributed by atoms with Gasteiger partial charge in [-0.2, -0.15) is 26.4 Å². The second-order valence-corrected chi connectivity index (χ2v) is 8.03. The Hall–Kier alpha value is 0.550. The Labute approximate surface area is 197 Å². The first-order chi connectivity index (χ1) is 12.2. The minimum atomic E-state index is -0.797. The van der Waals surface area contributed by atoms with Gasteiger partial charge in [-0.3, -0.25) is 0 Å². The van der Waals surface area contributed by atoms with Crippen molar-refractivity contribution >= 4 is 0 Å². The summed E-state index contributed by atoms with van der Waals surface area (Å²) in [6.45, 7) is 18.7. The van der Waals surface area contributed by atoms with Gasteiger partial charge in [0, 0.05) is 0 Å². The van der Waals surface area contributed by atoms with Gasteiger partial charge in [0.2, 0.25) is 0 Å². The van der Waals surface area contributed by atoms with Gasteiger partial charge in [0.05, 0.1) is 0 Å². The van der Waals surface area contributed by atoms with E-state index in [9.17, 15) is 0 Å². The van der Waals surface area contributed by atoms with Gasteiger partial charge in [-0.25, -0.2) is 0 Å². The minimum Gasteiger partial charge on any atom is -0.552 e. The molecule has 0 unspecified atom stereocenters. The van der Waals surface area contributed by atoms with Crippen LogP contribution in [0.3, 0.4) is 0 Å². The summed E-state index contributed by atoms with van der Waals surface area (Å²) < 4.78 is 18.1. The van der Waals surface area contributed by atoms with Crippen molar-refractivity contribution in [1.82, 2.24) is 0 Å². The van der Waals surface area contributed by atoms with Gasteiger partial charge in [0.1, 0.15) is 0 Å². The summed E-state index contributed by atoms with van der Waals surface area (Å²) in [5, 5.41) is 35.3. The molecular formula is C20H44HfO8. The molecular weight excluding hydrogens is 547 g/mol. The summed E-state index contributed by atoms with van der Waals surface area (Å²) in [6.07, 6.45) is 0. The molecule has 0 fully saturated rings. The summed E-state index contributed by atoms with van der Waals surface area (Å²) >= 11 is 0. The summed E-state index contributed by atoms with van der Waals surface area (Å²) in [5.41, 5.74) is -3.19. The smallest absolute Gasteiger partial charge is 0.552 e. The molecule has 4 N–H and O–H groups in total. The van der Waals surface area contributed by atoms with Crippen LogP contribution in [-0.4, -0.2) is 71.3 Å². The summed E-state index contributed by atoms with van der Waals surface area (Å²) in [4.78, 5) is 0. The molecule has 0 aliphatic rings. The van der Waals surface area contributed by atoms with Gasteiger partial charge in [-0.1, -0.05) is 55.4 Å². The first-order valence-corrected chi connectivity index (χ1v) is 8.62. The van der Waals surface area contributed by atoms with Crippen LogP contribution in [0.5, 0.6) is 0 Å². The maximum atomic E-state index is 8.84. The standard InChI is InChI=1S/4C5H11O2.Hf/c4*1-5(2,6)4-7-3;/h4*4,6H,1-3H3;/q4*-1;+4. The molecule has 0 aliphatic carbocycles. The number of methoxy groups -OCH3 is 4. The van der Waals surface area contributed by atoms with Crippen molar-refractivity contribution in [3.8, 4) is 0 Å². The van der Waals surface area contributed by atoms with Gasteiger partial charge in [0.25, 0.3) is 0 Å². The fourth-order valence-electron chi connectivity index (χ4n) is 1.15. The predicted molar refractivity (Wildman–Crippen MR) is 110 cm³/mol. The van der Waals surface area contributed by atoms with Crippen molar-refractivity contribution < 1.29 is 65.2 Å². The maximum absolute atomic E-state index is 8.84. The molecule has 0 saturated heterocycles. The third kappa shape index (κ3) is 73.5. The average Bonchev–Trinajstić information content (AvgIpc) is 2.34. The Morgan fingerprint density at radius 3 is 0.517 bits per heavy atom. The largest absolute Gasteiger partial charge is 4.00 e. The van der Waals surface area contributed by atoms with Crippen LogP contribution in [0, 0.1) is 26.4 Å². The Balaban J connectivity index is -0.0000000873. The molecule has 8 nitrogen and oxygen atoms in total. The summed E-state index contributed by atoms with van der Waals surface area (Å²) in [6, 6.07) is 0.